The molecular weight excluding hydrogens is 444 g/mol. The smallest absolute Gasteiger partial charge is 0.316 e. The Hall–Kier alpha value is -3.74. The predicted octanol–water partition coefficient (Wildman–Crippen LogP) is 4.11. The Balaban J connectivity index is 1.30. The number of anilines is 2. The second-order valence-electron chi connectivity index (χ2n) is 9.83. The largest absolute Gasteiger partial charge is 0.426 e. The molecule has 7 nitrogen and oxygen atoms in total. The summed E-state index contributed by atoms with van der Waals surface area (Å²) in [5.74, 6) is -2.06. The van der Waals surface area contributed by atoms with E-state index in [0.717, 1.165) is 22.4 Å². The lowest BCUT2D eigenvalue weighted by molar-refractivity contribution is -0.139. The predicted molar refractivity (Wildman–Crippen MR) is 131 cm³/mol. The number of nitrogens with zero attached hydrogens (tertiary/aromatic N) is 2. The van der Waals surface area contributed by atoms with Crippen LogP contribution in [0.3, 0.4) is 0 Å². The number of allylic oxidation sites excluding steroid dienone is 2. The van der Waals surface area contributed by atoms with Crippen molar-refractivity contribution in [1.82, 2.24) is 0 Å². The summed E-state index contributed by atoms with van der Waals surface area (Å²) in [5, 5.41) is 0. The molecule has 0 aromatic heterocycles. The van der Waals surface area contributed by atoms with Crippen LogP contribution in [0.5, 0.6) is 5.75 Å². The first-order valence-corrected chi connectivity index (χ1v) is 12.0. The molecular formula is C28H28N2O5. The maximum Gasteiger partial charge on any atom is 0.316 e. The number of benzene rings is 2. The van der Waals surface area contributed by atoms with Gasteiger partial charge in [0.1, 0.15) is 5.75 Å². The molecule has 2 aliphatic heterocycles. The van der Waals surface area contributed by atoms with Gasteiger partial charge in [-0.2, -0.15) is 0 Å². The minimum absolute atomic E-state index is 0.0741. The summed E-state index contributed by atoms with van der Waals surface area (Å²) in [6.07, 6.45) is 3.26. The maximum atomic E-state index is 13.0. The number of hydrogen-bond acceptors (Lipinski definition) is 5. The van der Waals surface area contributed by atoms with E-state index in [4.69, 9.17) is 4.74 Å². The lowest BCUT2D eigenvalue weighted by Crippen LogP contribution is -2.31. The molecule has 2 saturated heterocycles. The number of ether oxygens (including phenoxy) is 1. The van der Waals surface area contributed by atoms with Crippen molar-refractivity contribution in [1.29, 1.82) is 0 Å². The Bertz CT molecular complexity index is 1280. The van der Waals surface area contributed by atoms with Gasteiger partial charge in [-0.3, -0.25) is 19.2 Å². The SMILES string of the molecule is CC1=CC[C@@H]2C(=O)N(c3cccc(OC(=O)[C@H]4CC(=O)N(c5cc(C)ccc5C)C4)c3)C(=O)[C@@H]2C1. The van der Waals surface area contributed by atoms with Crippen molar-refractivity contribution in [2.24, 2.45) is 17.8 Å². The van der Waals surface area contributed by atoms with E-state index in [9.17, 15) is 19.2 Å². The molecule has 0 N–H and O–H groups in total. The van der Waals surface area contributed by atoms with Crippen molar-refractivity contribution in [3.63, 3.8) is 0 Å². The van der Waals surface area contributed by atoms with Gasteiger partial charge >= 0.3 is 5.97 Å². The molecule has 3 atom stereocenters. The van der Waals surface area contributed by atoms with Crippen LogP contribution in [0.15, 0.2) is 54.1 Å². The first-order chi connectivity index (χ1) is 16.7. The maximum absolute atomic E-state index is 13.0. The summed E-state index contributed by atoms with van der Waals surface area (Å²) >= 11 is 0. The monoisotopic (exact) mass is 472 g/mol. The third kappa shape index (κ3) is 4.16. The Morgan fingerprint density at radius 2 is 1.71 bits per heavy atom. The molecule has 0 saturated carbocycles. The molecule has 3 amide bonds. The zero-order valence-electron chi connectivity index (χ0n) is 20.1. The zero-order chi connectivity index (χ0) is 24.9. The van der Waals surface area contributed by atoms with Gasteiger partial charge in [0.25, 0.3) is 0 Å². The van der Waals surface area contributed by atoms with E-state index >= 15 is 0 Å². The normalized spacial score (nSPS) is 24.0. The summed E-state index contributed by atoms with van der Waals surface area (Å²) < 4.78 is 5.61. The van der Waals surface area contributed by atoms with Crippen molar-refractivity contribution in [2.75, 3.05) is 16.3 Å². The fraction of sp³-hybridized carbons (Fsp3) is 0.357. The average molecular weight is 473 g/mol. The Morgan fingerprint density at radius 3 is 2.51 bits per heavy atom. The van der Waals surface area contributed by atoms with Crippen LogP contribution < -0.4 is 14.5 Å². The van der Waals surface area contributed by atoms with E-state index in [1.54, 1.807) is 29.2 Å². The highest BCUT2D eigenvalue weighted by molar-refractivity contribution is 6.22. The van der Waals surface area contributed by atoms with Gasteiger partial charge < -0.3 is 9.64 Å². The number of carbonyl (C=O) groups is 4. The molecule has 2 heterocycles. The number of fused-ring (bicyclic) bond motifs is 1. The first kappa shape index (κ1) is 23.0. The molecule has 0 radical (unpaired) electrons. The highest BCUT2D eigenvalue weighted by Gasteiger charge is 2.48. The van der Waals surface area contributed by atoms with Gasteiger partial charge in [-0.05, 0) is 62.9 Å². The van der Waals surface area contributed by atoms with E-state index in [-0.39, 0.29) is 48.3 Å². The van der Waals surface area contributed by atoms with Crippen molar-refractivity contribution >= 4 is 35.1 Å². The molecule has 0 bridgehead atoms. The molecule has 180 valence electrons. The van der Waals surface area contributed by atoms with Crippen LogP contribution in [0, 0.1) is 31.6 Å². The van der Waals surface area contributed by atoms with Gasteiger partial charge in [0.05, 0.1) is 23.4 Å². The fourth-order valence-electron chi connectivity index (χ4n) is 5.29. The summed E-state index contributed by atoms with van der Waals surface area (Å²) in [6.45, 7) is 6.13. The van der Waals surface area contributed by atoms with Crippen molar-refractivity contribution < 1.29 is 23.9 Å². The summed E-state index contributed by atoms with van der Waals surface area (Å²) in [6, 6.07) is 12.4. The standard InChI is InChI=1S/C28H28N2O5/c1-16-8-10-22-23(11-16)27(33)30(26(22)32)20-5-4-6-21(14-20)35-28(34)19-13-25(31)29(15-19)24-12-17(2)7-9-18(24)3/h4-9,12,14,19,22-23H,10-11,13,15H2,1-3H3/t19-,22-,23+/m0/s1. The quantitative estimate of drug-likeness (QED) is 0.289. The van der Waals surface area contributed by atoms with Crippen LogP contribution in [0.25, 0.3) is 0 Å². The number of carbonyl (C=O) groups excluding carboxylic acids is 4. The van der Waals surface area contributed by atoms with Crippen molar-refractivity contribution in [2.45, 2.75) is 40.0 Å². The molecule has 2 fully saturated rings. The summed E-state index contributed by atoms with van der Waals surface area (Å²) in [5.41, 5.74) is 4.34. The van der Waals surface area contributed by atoms with Gasteiger partial charge in [-0.25, -0.2) is 4.90 Å². The van der Waals surface area contributed by atoms with E-state index < -0.39 is 11.9 Å². The molecule has 2 aromatic carbocycles. The molecule has 1 aliphatic carbocycles. The lowest BCUT2D eigenvalue weighted by Gasteiger charge is -2.19. The number of imide groups is 1. The molecule has 2 aromatic rings. The Labute approximate surface area is 204 Å². The van der Waals surface area contributed by atoms with Crippen LogP contribution in [0.2, 0.25) is 0 Å². The second kappa shape index (κ2) is 8.80. The van der Waals surface area contributed by atoms with Crippen LogP contribution in [-0.4, -0.2) is 30.2 Å². The number of aryl methyl sites for hydroxylation is 2. The molecule has 0 spiro atoms. The highest BCUT2D eigenvalue weighted by atomic mass is 16.5. The van der Waals surface area contributed by atoms with E-state index in [2.05, 4.69) is 0 Å². The fourth-order valence-corrected chi connectivity index (χ4v) is 5.29. The molecule has 5 rings (SSSR count). The highest BCUT2D eigenvalue weighted by Crippen LogP contribution is 2.40. The third-order valence-electron chi connectivity index (χ3n) is 7.23. The van der Waals surface area contributed by atoms with E-state index in [1.807, 2.05) is 45.0 Å². The molecule has 0 unspecified atom stereocenters. The summed E-state index contributed by atoms with van der Waals surface area (Å²) in [4.78, 5) is 54.5. The van der Waals surface area contributed by atoms with Gasteiger partial charge in [0.15, 0.2) is 0 Å². The Kier molecular flexibility index (Phi) is 5.79. The van der Waals surface area contributed by atoms with Crippen LogP contribution in [-0.2, 0) is 19.2 Å². The number of hydrogen-bond donors (Lipinski definition) is 0. The number of amides is 3. The first-order valence-electron chi connectivity index (χ1n) is 12.0. The topological polar surface area (TPSA) is 84.0 Å². The van der Waals surface area contributed by atoms with Gasteiger partial charge in [0, 0.05) is 24.7 Å². The molecule has 3 aliphatic rings. The van der Waals surface area contributed by atoms with Crippen LogP contribution >= 0.6 is 0 Å². The van der Waals surface area contributed by atoms with Gasteiger partial charge in [-0.15, -0.1) is 0 Å². The number of rotatable bonds is 4. The minimum atomic E-state index is -0.599. The molecule has 7 heteroatoms. The van der Waals surface area contributed by atoms with Crippen LogP contribution in [0.4, 0.5) is 11.4 Å². The average Bonchev–Trinajstić information content (AvgIpc) is 3.33. The van der Waals surface area contributed by atoms with Crippen molar-refractivity contribution in [3.05, 3.63) is 65.2 Å². The van der Waals surface area contributed by atoms with E-state index in [0.29, 0.717) is 18.5 Å². The van der Waals surface area contributed by atoms with E-state index in [1.165, 1.54) is 4.90 Å². The van der Waals surface area contributed by atoms with Crippen LogP contribution in [0.1, 0.15) is 37.3 Å². The Morgan fingerprint density at radius 1 is 0.943 bits per heavy atom. The second-order valence-corrected chi connectivity index (χ2v) is 9.83. The summed E-state index contributed by atoms with van der Waals surface area (Å²) in [7, 11) is 0. The minimum Gasteiger partial charge on any atom is -0.426 e. The number of esters is 1. The van der Waals surface area contributed by atoms with Crippen molar-refractivity contribution in [3.8, 4) is 5.75 Å². The third-order valence-corrected chi connectivity index (χ3v) is 7.23. The molecule has 35 heavy (non-hydrogen) atoms. The van der Waals surface area contributed by atoms with Gasteiger partial charge in [0.2, 0.25) is 17.7 Å². The zero-order valence-corrected chi connectivity index (χ0v) is 20.1. The lowest BCUT2D eigenvalue weighted by atomic mass is 9.82. The van der Waals surface area contributed by atoms with Gasteiger partial charge in [-0.1, -0.05) is 29.8 Å².